The third-order valence-electron chi connectivity index (χ3n) is 16.2. The van der Waals surface area contributed by atoms with E-state index < -0.39 is 84.1 Å². The number of aromatic nitrogens is 1. The van der Waals surface area contributed by atoms with Gasteiger partial charge in [-0.25, -0.2) is 9.59 Å². The maximum absolute atomic E-state index is 14.3. The Balaban J connectivity index is 0.884. The summed E-state index contributed by atoms with van der Waals surface area (Å²) in [6.07, 6.45) is 0.952. The van der Waals surface area contributed by atoms with Gasteiger partial charge in [-0.3, -0.25) is 24.5 Å². The molecule has 6 rings (SSSR count). The Morgan fingerprint density at radius 2 is 1.64 bits per heavy atom. The zero-order chi connectivity index (χ0) is 62.0. The maximum atomic E-state index is 14.3. The number of aryl methyl sites for hydroxylation is 2. The molecule has 1 aromatic heterocycles. The molecule has 4 bridgehead atoms. The molecule has 470 valence electrons. The predicted molar refractivity (Wildman–Crippen MR) is 319 cm³/mol. The number of para-hydroxylation sites is 1. The fourth-order valence-electron chi connectivity index (χ4n) is 10.6. The fourth-order valence-corrected chi connectivity index (χ4v) is 10.9. The van der Waals surface area contributed by atoms with Crippen LogP contribution in [0, 0.1) is 18.8 Å². The van der Waals surface area contributed by atoms with E-state index in [0.717, 1.165) is 46.4 Å². The minimum Gasteiger partial charge on any atom is -0.457 e. The number of rotatable bonds is 29. The Labute approximate surface area is 504 Å². The third kappa shape index (κ3) is 18.9. The number of alkyl carbamates (subject to hydrolysis) is 1. The summed E-state index contributed by atoms with van der Waals surface area (Å²) < 4.78 is 48.4. The normalized spacial score (nSPS) is 24.4. The quantitative estimate of drug-likeness (QED) is 0.0383. The first-order valence-corrected chi connectivity index (χ1v) is 29.7. The summed E-state index contributed by atoms with van der Waals surface area (Å²) in [5.41, 5.74) is 2.11. The van der Waals surface area contributed by atoms with E-state index in [2.05, 4.69) is 39.2 Å². The average Bonchev–Trinajstić information content (AvgIpc) is 1.83. The number of epoxide rings is 1. The van der Waals surface area contributed by atoms with Gasteiger partial charge < -0.3 is 72.7 Å². The van der Waals surface area contributed by atoms with Crippen molar-refractivity contribution in [2.24, 2.45) is 11.8 Å². The number of allylic oxidation sites excluding steroid dienone is 3. The molecule has 3 aliphatic heterocycles. The summed E-state index contributed by atoms with van der Waals surface area (Å²) in [5, 5.41) is 28.5. The van der Waals surface area contributed by atoms with E-state index in [0.29, 0.717) is 36.9 Å². The monoisotopic (exact) mass is 1210 g/mol. The molecule has 23 heteroatoms. The van der Waals surface area contributed by atoms with Crippen molar-refractivity contribution in [1.29, 1.82) is 0 Å². The summed E-state index contributed by atoms with van der Waals surface area (Å²) in [6.45, 7) is 14.7. The molecule has 85 heavy (non-hydrogen) atoms. The number of ketones is 1. The van der Waals surface area contributed by atoms with Crippen LogP contribution in [0.2, 0.25) is 5.02 Å². The number of esters is 1. The molecule has 2 saturated heterocycles. The van der Waals surface area contributed by atoms with Crippen molar-refractivity contribution >= 4 is 63.8 Å². The SMILES string of the molecule is CCN(C)Cc1cc2ccccc2n1CCC(=O)C[C@@H](CO)C(=O)NCCOCCOCCOCCOCCC(=O)N(C)[C@@H](C)C(=O)O[C@H]1CC(=O)N(C)c2cc(cc(C)c2Cl)C/C(C)=C/C=C/[C@@H](OC)[C@]2(O)C[C@H](OC(=O)N2)[C@@H](C)C2O[C@]21C. The van der Waals surface area contributed by atoms with E-state index in [1.807, 2.05) is 57.3 Å². The molecule has 0 spiro atoms. The fraction of sp³-hybridized carbons (Fsp3) is 0.613. The largest absolute Gasteiger partial charge is 0.457 e. The van der Waals surface area contributed by atoms with Gasteiger partial charge in [0, 0.05) is 77.2 Å². The average molecular weight is 1210 g/mol. The zero-order valence-electron chi connectivity index (χ0n) is 51.0. The Morgan fingerprint density at radius 1 is 0.965 bits per heavy atom. The Hall–Kier alpha value is -5.79. The highest BCUT2D eigenvalue weighted by molar-refractivity contribution is 6.34. The Bertz CT molecular complexity index is 2830. The van der Waals surface area contributed by atoms with Gasteiger partial charge in [0.15, 0.2) is 5.72 Å². The highest BCUT2D eigenvalue weighted by Crippen LogP contribution is 2.49. The van der Waals surface area contributed by atoms with E-state index in [1.54, 1.807) is 33.0 Å². The van der Waals surface area contributed by atoms with Crippen molar-refractivity contribution in [3.05, 3.63) is 88.1 Å². The number of nitrogens with one attached hydrogen (secondary N) is 2. The number of carbonyl (C=O) groups excluding carboxylic acids is 6. The van der Waals surface area contributed by atoms with Crippen molar-refractivity contribution in [2.45, 2.75) is 135 Å². The lowest BCUT2D eigenvalue weighted by molar-refractivity contribution is -0.162. The van der Waals surface area contributed by atoms with Crippen molar-refractivity contribution < 1.29 is 76.9 Å². The Kier molecular flexibility index (Phi) is 25.9. The lowest BCUT2D eigenvalue weighted by Gasteiger charge is -2.42. The molecule has 1 unspecified atom stereocenters. The topological polar surface area (TPSA) is 259 Å². The molecule has 4 heterocycles. The van der Waals surface area contributed by atoms with Crippen LogP contribution in [0.1, 0.15) is 83.5 Å². The van der Waals surface area contributed by atoms with E-state index in [9.17, 15) is 39.0 Å². The number of hydrogen-bond donors (Lipinski definition) is 4. The molecule has 0 radical (unpaired) electrons. The van der Waals surface area contributed by atoms with Gasteiger partial charge in [0.05, 0.1) is 95.0 Å². The number of anilines is 1. The van der Waals surface area contributed by atoms with E-state index >= 15 is 0 Å². The molecule has 2 aromatic carbocycles. The first kappa shape index (κ1) is 68.3. The number of nitrogens with zero attached hydrogens (tertiary/aromatic N) is 4. The summed E-state index contributed by atoms with van der Waals surface area (Å²) >= 11 is 6.83. The molecule has 4 N–H and O–H groups in total. The molecule has 0 aliphatic carbocycles. The number of aliphatic hydroxyl groups excluding tert-OH is 1. The van der Waals surface area contributed by atoms with Crippen molar-refractivity contribution in [3.63, 3.8) is 0 Å². The van der Waals surface area contributed by atoms with Crippen LogP contribution in [0.3, 0.4) is 0 Å². The van der Waals surface area contributed by atoms with Crippen LogP contribution in [0.5, 0.6) is 0 Å². The lowest BCUT2D eigenvalue weighted by Crippen LogP contribution is -2.63. The van der Waals surface area contributed by atoms with Crippen LogP contribution < -0.4 is 15.5 Å². The van der Waals surface area contributed by atoms with Crippen molar-refractivity contribution in [2.75, 3.05) is 106 Å². The van der Waals surface area contributed by atoms with Crippen LogP contribution in [0.4, 0.5) is 10.5 Å². The minimum absolute atomic E-state index is 0.0446. The molecule has 9 atom stereocenters. The van der Waals surface area contributed by atoms with Crippen LogP contribution in [0.25, 0.3) is 10.9 Å². The van der Waals surface area contributed by atoms with Crippen LogP contribution >= 0.6 is 11.6 Å². The molecule has 22 nitrogen and oxygen atoms in total. The number of fused-ring (bicyclic) bond motifs is 6. The van der Waals surface area contributed by atoms with Gasteiger partial charge in [0.2, 0.25) is 17.7 Å². The van der Waals surface area contributed by atoms with Gasteiger partial charge in [-0.2, -0.15) is 0 Å². The number of methoxy groups -OCH3 is 1. The van der Waals surface area contributed by atoms with Gasteiger partial charge in [-0.05, 0) is 82.4 Å². The summed E-state index contributed by atoms with van der Waals surface area (Å²) in [4.78, 5) is 85.4. The molecule has 3 aliphatic rings. The van der Waals surface area contributed by atoms with E-state index in [1.165, 1.54) is 30.9 Å². The standard InChI is InChI=1S/C62H89ClN6O16/c1-11-66(7)38-47-34-45-16-12-13-17-49(45)69(47)22-19-48(71)35-46(39-70)58(74)64-21-24-80-26-28-82-30-29-81-27-25-79-23-20-54(72)67(8)43(5)59(75)84-53-36-55(73)68(9)50-33-44(32-41(3)56(50)63)31-40(2)15-14-18-52(78-10)62(77)37-51(83-60(76)65-62)42(4)57-61(53,6)85-57/h12-18,32-34,42-43,46,51-53,57,70,77H,11,19-31,35-39H2,1-10H3,(H,64,74)(H,65,76)/b18-14+,40-15+/t42-,43+,46+,51+,52-,53+,57?,61+,62-/m1/s1. The second-order valence-electron chi connectivity index (χ2n) is 22.6. The predicted octanol–water partition coefficient (Wildman–Crippen LogP) is 5.45. The number of likely N-dealkylation sites (N-methyl/N-ethyl adjacent to an activating group) is 1. The highest BCUT2D eigenvalue weighted by Gasteiger charge is 2.64. The number of Topliss-reactive ketones (excluding diaryl/α,β-unsaturated/α-hetero) is 1. The summed E-state index contributed by atoms with van der Waals surface area (Å²) in [5.74, 6) is -3.52. The molecule has 0 saturated carbocycles. The minimum atomic E-state index is -1.85. The van der Waals surface area contributed by atoms with Gasteiger partial charge >= 0.3 is 12.1 Å². The smallest absolute Gasteiger partial charge is 0.409 e. The second kappa shape index (κ2) is 32.3. The number of halogens is 1. The van der Waals surface area contributed by atoms with Crippen molar-refractivity contribution in [1.82, 2.24) is 25.0 Å². The van der Waals surface area contributed by atoms with Gasteiger partial charge in [-0.15, -0.1) is 0 Å². The highest BCUT2D eigenvalue weighted by atomic mass is 35.5. The first-order valence-electron chi connectivity index (χ1n) is 29.3. The number of aliphatic hydroxyl groups is 2. The summed E-state index contributed by atoms with van der Waals surface area (Å²) in [6, 6.07) is 12.9. The molecular weight excluding hydrogens is 1120 g/mol. The number of hydrogen-bond acceptors (Lipinski definition) is 17. The Morgan fingerprint density at radius 3 is 2.31 bits per heavy atom. The maximum Gasteiger partial charge on any atom is 0.409 e. The lowest BCUT2D eigenvalue weighted by atomic mass is 9.83. The molecule has 2 fully saturated rings. The molecule has 3 aromatic rings. The second-order valence-corrected chi connectivity index (χ2v) is 22.9. The van der Waals surface area contributed by atoms with Gasteiger partial charge in [0.25, 0.3) is 0 Å². The van der Waals surface area contributed by atoms with Gasteiger partial charge in [-0.1, -0.05) is 73.5 Å². The number of amides is 4. The molecular formula is C62H89ClN6O16. The van der Waals surface area contributed by atoms with E-state index in [4.69, 9.17) is 49.5 Å². The molecule has 4 amide bonds. The van der Waals surface area contributed by atoms with Crippen molar-refractivity contribution in [3.8, 4) is 0 Å². The summed E-state index contributed by atoms with van der Waals surface area (Å²) in [7, 11) is 6.56. The third-order valence-corrected chi connectivity index (χ3v) is 16.7. The number of benzene rings is 2. The van der Waals surface area contributed by atoms with E-state index in [-0.39, 0.29) is 90.0 Å². The van der Waals surface area contributed by atoms with Crippen LogP contribution in [-0.2, 0) is 81.4 Å². The van der Waals surface area contributed by atoms with Crippen LogP contribution in [0.15, 0.2) is 66.3 Å². The zero-order valence-corrected chi connectivity index (χ0v) is 51.8. The van der Waals surface area contributed by atoms with Gasteiger partial charge in [0.1, 0.15) is 35.7 Å². The first-order chi connectivity index (χ1) is 40.5. The number of carbonyl (C=O) groups is 6. The van der Waals surface area contributed by atoms with Crippen LogP contribution in [-0.4, -0.2) is 203 Å². The number of ether oxygens (including phenoxy) is 8.